The van der Waals surface area contributed by atoms with Crippen LogP contribution in [0.2, 0.25) is 0 Å². The van der Waals surface area contributed by atoms with Crippen LogP contribution in [0.1, 0.15) is 64.2 Å². The molecular formula is C12H24N2. The second kappa shape index (κ2) is 4.63. The molecule has 2 rings (SSSR count). The molecule has 2 heteroatoms. The summed E-state index contributed by atoms with van der Waals surface area (Å²) in [5.41, 5.74) is 6.37. The molecule has 0 unspecified atom stereocenters. The molecule has 0 aromatic heterocycles. The normalized spacial score (nSPS) is 28.9. The minimum Gasteiger partial charge on any atom is -0.313 e. The average Bonchev–Trinajstić information content (AvgIpc) is 2.19. The van der Waals surface area contributed by atoms with E-state index in [-0.39, 0.29) is 5.66 Å². The highest BCUT2D eigenvalue weighted by Crippen LogP contribution is 2.26. The average molecular weight is 196 g/mol. The van der Waals surface area contributed by atoms with Crippen molar-refractivity contribution in [2.24, 2.45) is 5.73 Å². The van der Waals surface area contributed by atoms with Crippen LogP contribution in [-0.2, 0) is 0 Å². The Balaban J connectivity index is 1.81. The van der Waals surface area contributed by atoms with Gasteiger partial charge in [0.05, 0.1) is 5.66 Å². The van der Waals surface area contributed by atoms with Crippen LogP contribution in [0.25, 0.3) is 0 Å². The Morgan fingerprint density at radius 2 is 1.43 bits per heavy atom. The van der Waals surface area contributed by atoms with E-state index in [1.54, 1.807) is 0 Å². The highest BCUT2D eigenvalue weighted by atomic mass is 15.1. The standard InChI is InChI=1S/C12H24N2/c13-12(9-5-2-6-10-12)14-11-7-3-1-4-8-11/h11,14H,1-10,13H2. The fourth-order valence-corrected chi connectivity index (χ4v) is 2.98. The fraction of sp³-hybridized carbons (Fsp3) is 1.00. The van der Waals surface area contributed by atoms with Crippen LogP contribution in [0.15, 0.2) is 0 Å². The Morgan fingerprint density at radius 1 is 0.857 bits per heavy atom. The summed E-state index contributed by atoms with van der Waals surface area (Å²) in [5, 5.41) is 3.71. The van der Waals surface area contributed by atoms with Gasteiger partial charge in [-0.3, -0.25) is 5.32 Å². The maximum absolute atomic E-state index is 6.38. The lowest BCUT2D eigenvalue weighted by molar-refractivity contribution is 0.193. The Labute approximate surface area is 87.6 Å². The molecule has 0 heterocycles. The van der Waals surface area contributed by atoms with Crippen LogP contribution < -0.4 is 11.1 Å². The summed E-state index contributed by atoms with van der Waals surface area (Å²) in [5.74, 6) is 0. The summed E-state index contributed by atoms with van der Waals surface area (Å²) >= 11 is 0. The lowest BCUT2D eigenvalue weighted by Crippen LogP contribution is -2.58. The number of rotatable bonds is 2. The van der Waals surface area contributed by atoms with Crippen molar-refractivity contribution in [1.29, 1.82) is 0 Å². The van der Waals surface area contributed by atoms with Crippen LogP contribution in [0.4, 0.5) is 0 Å². The summed E-state index contributed by atoms with van der Waals surface area (Å²) in [7, 11) is 0. The van der Waals surface area contributed by atoms with E-state index in [1.807, 2.05) is 0 Å². The van der Waals surface area contributed by atoms with Crippen molar-refractivity contribution in [3.8, 4) is 0 Å². The summed E-state index contributed by atoms with van der Waals surface area (Å²) in [4.78, 5) is 0. The zero-order valence-corrected chi connectivity index (χ0v) is 9.23. The molecule has 0 saturated heterocycles. The van der Waals surface area contributed by atoms with Crippen molar-refractivity contribution >= 4 is 0 Å². The maximum atomic E-state index is 6.38. The molecule has 0 amide bonds. The first-order valence-corrected chi connectivity index (χ1v) is 6.35. The predicted octanol–water partition coefficient (Wildman–Crippen LogP) is 2.53. The van der Waals surface area contributed by atoms with Gasteiger partial charge in [0.15, 0.2) is 0 Å². The SMILES string of the molecule is NC1(NC2CCCCC2)CCCCC1. The Hall–Kier alpha value is -0.0800. The van der Waals surface area contributed by atoms with Crippen molar-refractivity contribution < 1.29 is 0 Å². The number of hydrogen-bond acceptors (Lipinski definition) is 2. The molecule has 2 aliphatic rings. The second-order valence-corrected chi connectivity index (χ2v) is 5.20. The molecule has 0 atom stereocenters. The third-order valence-electron chi connectivity index (χ3n) is 3.84. The van der Waals surface area contributed by atoms with E-state index in [2.05, 4.69) is 5.32 Å². The molecule has 0 spiro atoms. The van der Waals surface area contributed by atoms with Crippen LogP contribution in [0.5, 0.6) is 0 Å². The largest absolute Gasteiger partial charge is 0.313 e. The molecule has 2 saturated carbocycles. The van der Waals surface area contributed by atoms with Crippen molar-refractivity contribution in [2.45, 2.75) is 75.9 Å². The minimum atomic E-state index is -0.0136. The molecule has 2 fully saturated rings. The molecular weight excluding hydrogens is 172 g/mol. The van der Waals surface area contributed by atoms with E-state index in [0.29, 0.717) is 6.04 Å². The zero-order chi connectivity index (χ0) is 9.86. The number of hydrogen-bond donors (Lipinski definition) is 2. The van der Waals surface area contributed by atoms with E-state index < -0.39 is 0 Å². The number of nitrogens with two attached hydrogens (primary N) is 1. The maximum Gasteiger partial charge on any atom is 0.0664 e. The first kappa shape index (κ1) is 10.4. The van der Waals surface area contributed by atoms with Crippen molar-refractivity contribution in [3.63, 3.8) is 0 Å². The van der Waals surface area contributed by atoms with Crippen molar-refractivity contribution in [3.05, 3.63) is 0 Å². The van der Waals surface area contributed by atoms with E-state index in [0.717, 1.165) is 0 Å². The van der Waals surface area contributed by atoms with Gasteiger partial charge in [0.1, 0.15) is 0 Å². The Bertz CT molecular complexity index is 167. The van der Waals surface area contributed by atoms with Gasteiger partial charge >= 0.3 is 0 Å². The fourth-order valence-electron chi connectivity index (χ4n) is 2.98. The molecule has 0 aliphatic heterocycles. The van der Waals surface area contributed by atoms with Gasteiger partial charge in [0.2, 0.25) is 0 Å². The van der Waals surface area contributed by atoms with Gasteiger partial charge in [0, 0.05) is 6.04 Å². The van der Waals surface area contributed by atoms with Crippen LogP contribution in [-0.4, -0.2) is 11.7 Å². The molecule has 0 aromatic rings. The molecule has 2 aliphatic carbocycles. The quantitative estimate of drug-likeness (QED) is 0.666. The van der Waals surface area contributed by atoms with Gasteiger partial charge < -0.3 is 5.73 Å². The monoisotopic (exact) mass is 196 g/mol. The first-order chi connectivity index (χ1) is 6.79. The van der Waals surface area contributed by atoms with Gasteiger partial charge in [-0.25, -0.2) is 0 Å². The van der Waals surface area contributed by atoms with E-state index in [1.165, 1.54) is 64.2 Å². The van der Waals surface area contributed by atoms with E-state index in [9.17, 15) is 0 Å². The smallest absolute Gasteiger partial charge is 0.0664 e. The predicted molar refractivity (Wildman–Crippen MR) is 60.0 cm³/mol. The highest BCUT2D eigenvalue weighted by molar-refractivity contribution is 4.88. The van der Waals surface area contributed by atoms with Gasteiger partial charge in [-0.1, -0.05) is 38.5 Å². The molecule has 0 radical (unpaired) electrons. The molecule has 14 heavy (non-hydrogen) atoms. The zero-order valence-electron chi connectivity index (χ0n) is 9.23. The summed E-state index contributed by atoms with van der Waals surface area (Å²) < 4.78 is 0. The summed E-state index contributed by atoms with van der Waals surface area (Å²) in [6, 6.07) is 0.715. The highest BCUT2D eigenvalue weighted by Gasteiger charge is 2.29. The van der Waals surface area contributed by atoms with Crippen LogP contribution in [0, 0.1) is 0 Å². The lowest BCUT2D eigenvalue weighted by Gasteiger charge is -2.39. The van der Waals surface area contributed by atoms with Gasteiger partial charge in [-0.2, -0.15) is 0 Å². The van der Waals surface area contributed by atoms with Gasteiger partial charge in [0.25, 0.3) is 0 Å². The molecule has 0 bridgehead atoms. The topological polar surface area (TPSA) is 38.0 Å². The van der Waals surface area contributed by atoms with E-state index >= 15 is 0 Å². The Kier molecular flexibility index (Phi) is 3.45. The third-order valence-corrected chi connectivity index (χ3v) is 3.84. The first-order valence-electron chi connectivity index (χ1n) is 6.35. The molecule has 0 aromatic carbocycles. The lowest BCUT2D eigenvalue weighted by atomic mass is 9.87. The molecule has 82 valence electrons. The second-order valence-electron chi connectivity index (χ2n) is 5.20. The molecule has 2 nitrogen and oxygen atoms in total. The molecule has 3 N–H and O–H groups in total. The minimum absolute atomic E-state index is 0.0136. The van der Waals surface area contributed by atoms with Crippen molar-refractivity contribution in [2.75, 3.05) is 0 Å². The van der Waals surface area contributed by atoms with Crippen molar-refractivity contribution in [1.82, 2.24) is 5.32 Å². The summed E-state index contributed by atoms with van der Waals surface area (Å²) in [6.45, 7) is 0. The van der Waals surface area contributed by atoms with Crippen LogP contribution in [0.3, 0.4) is 0 Å². The number of nitrogens with one attached hydrogen (secondary N) is 1. The third kappa shape index (κ3) is 2.71. The van der Waals surface area contributed by atoms with Crippen LogP contribution >= 0.6 is 0 Å². The van der Waals surface area contributed by atoms with Gasteiger partial charge in [-0.05, 0) is 25.7 Å². The summed E-state index contributed by atoms with van der Waals surface area (Å²) in [6.07, 6.45) is 13.3. The van der Waals surface area contributed by atoms with Gasteiger partial charge in [-0.15, -0.1) is 0 Å². The van der Waals surface area contributed by atoms with E-state index in [4.69, 9.17) is 5.73 Å². The Morgan fingerprint density at radius 3 is 2.07 bits per heavy atom.